The SMILES string of the molecule is C[C@@]12CC[C@](CCN3CCOCC3)(O1)C1C(=O)N(c3ccc(C#N)c(C(F)(F)F)c3)C(=O)[C@H]12. The van der Waals surface area contributed by atoms with Crippen molar-refractivity contribution in [2.24, 2.45) is 11.8 Å². The number of ether oxygens (including phenoxy) is 2. The van der Waals surface area contributed by atoms with Crippen molar-refractivity contribution in [3.63, 3.8) is 0 Å². The second-order valence-electron chi connectivity index (χ2n) is 9.49. The molecule has 4 fully saturated rings. The van der Waals surface area contributed by atoms with E-state index in [0.717, 1.165) is 30.1 Å². The molecule has 33 heavy (non-hydrogen) atoms. The van der Waals surface area contributed by atoms with E-state index in [-0.39, 0.29) is 5.69 Å². The number of imide groups is 1. The molecule has 0 aliphatic carbocycles. The van der Waals surface area contributed by atoms with Gasteiger partial charge in [-0.25, -0.2) is 4.90 Å². The molecule has 5 rings (SSSR count). The number of fused-ring (bicyclic) bond motifs is 5. The first kappa shape index (κ1) is 22.3. The van der Waals surface area contributed by atoms with Crippen LogP contribution >= 0.6 is 0 Å². The molecule has 1 unspecified atom stereocenters. The van der Waals surface area contributed by atoms with Gasteiger partial charge in [-0.1, -0.05) is 0 Å². The summed E-state index contributed by atoms with van der Waals surface area (Å²) in [5.41, 5.74) is -3.50. The van der Waals surface area contributed by atoms with Gasteiger partial charge in [-0.2, -0.15) is 18.4 Å². The van der Waals surface area contributed by atoms with E-state index < -0.39 is 52.2 Å². The minimum Gasteiger partial charge on any atom is -0.379 e. The van der Waals surface area contributed by atoms with Crippen LogP contribution in [0.5, 0.6) is 0 Å². The van der Waals surface area contributed by atoms with Gasteiger partial charge in [-0.05, 0) is 44.4 Å². The fourth-order valence-electron chi connectivity index (χ4n) is 6.04. The second kappa shape index (κ2) is 7.52. The Bertz CT molecular complexity index is 1050. The minimum absolute atomic E-state index is 0.156. The molecule has 2 amide bonds. The zero-order valence-corrected chi connectivity index (χ0v) is 18.2. The van der Waals surface area contributed by atoms with Crippen LogP contribution in [0.15, 0.2) is 18.2 Å². The number of rotatable bonds is 4. The van der Waals surface area contributed by atoms with Crippen LogP contribution in [0.2, 0.25) is 0 Å². The van der Waals surface area contributed by atoms with Gasteiger partial charge in [-0.15, -0.1) is 0 Å². The topological polar surface area (TPSA) is 82.9 Å². The van der Waals surface area contributed by atoms with Crippen molar-refractivity contribution in [1.29, 1.82) is 5.26 Å². The molecule has 0 spiro atoms. The molecule has 2 bridgehead atoms. The number of carbonyl (C=O) groups excluding carboxylic acids is 2. The fraction of sp³-hybridized carbons (Fsp3) is 0.609. The van der Waals surface area contributed by atoms with Gasteiger partial charge in [0.25, 0.3) is 0 Å². The van der Waals surface area contributed by atoms with Crippen LogP contribution < -0.4 is 4.90 Å². The summed E-state index contributed by atoms with van der Waals surface area (Å²) in [5.74, 6) is -2.50. The summed E-state index contributed by atoms with van der Waals surface area (Å²) in [6, 6.07) is 4.49. The molecule has 4 atom stereocenters. The molecule has 1 aromatic rings. The van der Waals surface area contributed by atoms with E-state index in [0.29, 0.717) is 39.0 Å². The largest absolute Gasteiger partial charge is 0.417 e. The van der Waals surface area contributed by atoms with Crippen molar-refractivity contribution < 1.29 is 32.2 Å². The number of halogens is 3. The molecule has 4 aliphatic rings. The lowest BCUT2D eigenvalue weighted by Crippen LogP contribution is -2.46. The molecular weight excluding hydrogens is 439 g/mol. The number of alkyl halides is 3. The Labute approximate surface area is 189 Å². The van der Waals surface area contributed by atoms with Gasteiger partial charge >= 0.3 is 6.18 Å². The third-order valence-corrected chi connectivity index (χ3v) is 7.65. The molecule has 176 valence electrons. The maximum absolute atomic E-state index is 13.5. The highest BCUT2D eigenvalue weighted by atomic mass is 19.4. The van der Waals surface area contributed by atoms with Gasteiger partial charge in [0.2, 0.25) is 11.8 Å². The number of morpholine rings is 1. The van der Waals surface area contributed by atoms with Crippen molar-refractivity contribution >= 4 is 17.5 Å². The average molecular weight is 463 g/mol. The molecular formula is C23H24F3N3O4. The highest BCUT2D eigenvalue weighted by Crippen LogP contribution is 2.62. The Kier molecular flexibility index (Phi) is 5.08. The number of nitriles is 1. The standard InChI is InChI=1S/C23H24F3N3O4/c1-21-4-5-22(33-21,6-7-28-8-10-32-11-9-28)18-17(21)19(30)29(20(18)31)15-3-2-14(13-27)16(12-15)23(24,25)26/h2-3,12,17-18H,4-11H2,1H3/t17-,18?,21-,22+/m0/s1. The van der Waals surface area contributed by atoms with Crippen LogP contribution in [0.25, 0.3) is 0 Å². The number of benzene rings is 1. The Morgan fingerprint density at radius 2 is 1.85 bits per heavy atom. The maximum atomic E-state index is 13.5. The average Bonchev–Trinajstić information content (AvgIpc) is 3.37. The number of nitrogens with zero attached hydrogens (tertiary/aromatic N) is 3. The van der Waals surface area contributed by atoms with E-state index in [2.05, 4.69) is 4.90 Å². The zero-order chi connectivity index (χ0) is 23.6. The summed E-state index contributed by atoms with van der Waals surface area (Å²) in [6.45, 7) is 5.37. The van der Waals surface area contributed by atoms with Gasteiger partial charge in [-0.3, -0.25) is 14.5 Å². The zero-order valence-electron chi connectivity index (χ0n) is 18.2. The van der Waals surface area contributed by atoms with Crippen LogP contribution in [-0.2, 0) is 25.2 Å². The van der Waals surface area contributed by atoms with Gasteiger partial charge in [0.05, 0.1) is 59.1 Å². The number of amides is 2. The van der Waals surface area contributed by atoms with E-state index in [4.69, 9.17) is 14.7 Å². The molecule has 4 heterocycles. The number of hydrogen-bond donors (Lipinski definition) is 0. The second-order valence-corrected chi connectivity index (χ2v) is 9.49. The first-order chi connectivity index (χ1) is 15.6. The monoisotopic (exact) mass is 463 g/mol. The summed E-state index contributed by atoms with van der Waals surface area (Å²) in [5, 5.41) is 9.06. The molecule has 0 radical (unpaired) electrons. The van der Waals surface area contributed by atoms with Crippen LogP contribution in [0.4, 0.5) is 18.9 Å². The Balaban J connectivity index is 1.47. The maximum Gasteiger partial charge on any atom is 0.417 e. The third kappa shape index (κ3) is 3.36. The molecule has 0 saturated carbocycles. The van der Waals surface area contributed by atoms with Crippen molar-refractivity contribution in [2.75, 3.05) is 37.7 Å². The van der Waals surface area contributed by atoms with E-state index >= 15 is 0 Å². The molecule has 1 aromatic carbocycles. The number of carbonyl (C=O) groups is 2. The van der Waals surface area contributed by atoms with Crippen LogP contribution in [0.1, 0.15) is 37.3 Å². The highest BCUT2D eigenvalue weighted by Gasteiger charge is 2.73. The Morgan fingerprint density at radius 3 is 2.52 bits per heavy atom. The lowest BCUT2D eigenvalue weighted by molar-refractivity contribution is -0.138. The van der Waals surface area contributed by atoms with Gasteiger partial charge in [0.1, 0.15) is 0 Å². The normalized spacial score (nSPS) is 34.1. The predicted octanol–water partition coefficient (Wildman–Crippen LogP) is 2.73. The van der Waals surface area contributed by atoms with Crippen molar-refractivity contribution in [2.45, 2.75) is 43.6 Å². The van der Waals surface area contributed by atoms with Crippen molar-refractivity contribution in [1.82, 2.24) is 4.90 Å². The summed E-state index contributed by atoms with van der Waals surface area (Å²) in [6.07, 6.45) is -2.97. The van der Waals surface area contributed by atoms with Gasteiger partial charge in [0, 0.05) is 19.6 Å². The molecule has 10 heteroatoms. The minimum atomic E-state index is -4.78. The van der Waals surface area contributed by atoms with E-state index in [9.17, 15) is 22.8 Å². The first-order valence-electron chi connectivity index (χ1n) is 11.1. The molecule has 0 aromatic heterocycles. The van der Waals surface area contributed by atoms with E-state index in [1.807, 2.05) is 6.92 Å². The van der Waals surface area contributed by atoms with Crippen LogP contribution in [0, 0.1) is 23.2 Å². The molecule has 4 aliphatic heterocycles. The smallest absolute Gasteiger partial charge is 0.379 e. The van der Waals surface area contributed by atoms with Gasteiger partial charge < -0.3 is 9.47 Å². The summed E-state index contributed by atoms with van der Waals surface area (Å²) < 4.78 is 52.2. The molecule has 7 nitrogen and oxygen atoms in total. The van der Waals surface area contributed by atoms with Gasteiger partial charge in [0.15, 0.2) is 0 Å². The van der Waals surface area contributed by atoms with Crippen molar-refractivity contribution in [3.8, 4) is 6.07 Å². The highest BCUT2D eigenvalue weighted by molar-refractivity contribution is 6.23. The Morgan fingerprint density at radius 1 is 1.15 bits per heavy atom. The van der Waals surface area contributed by atoms with Crippen molar-refractivity contribution in [3.05, 3.63) is 29.3 Å². The number of hydrogen-bond acceptors (Lipinski definition) is 6. The quantitative estimate of drug-likeness (QED) is 0.639. The summed E-state index contributed by atoms with van der Waals surface area (Å²) in [4.78, 5) is 30.1. The predicted molar refractivity (Wildman–Crippen MR) is 109 cm³/mol. The first-order valence-corrected chi connectivity index (χ1v) is 11.1. The molecule has 0 N–H and O–H groups in total. The third-order valence-electron chi connectivity index (χ3n) is 7.65. The van der Waals surface area contributed by atoms with Crippen LogP contribution in [-0.4, -0.2) is 60.8 Å². The number of anilines is 1. The summed E-state index contributed by atoms with van der Waals surface area (Å²) in [7, 11) is 0. The Hall–Kier alpha value is -2.48. The van der Waals surface area contributed by atoms with E-state index in [1.165, 1.54) is 12.1 Å². The fourth-order valence-corrected chi connectivity index (χ4v) is 6.04. The van der Waals surface area contributed by atoms with Crippen LogP contribution in [0.3, 0.4) is 0 Å². The summed E-state index contributed by atoms with van der Waals surface area (Å²) >= 11 is 0. The molecule has 4 saturated heterocycles. The lowest BCUT2D eigenvalue weighted by atomic mass is 9.67. The lowest BCUT2D eigenvalue weighted by Gasteiger charge is -2.34. The van der Waals surface area contributed by atoms with E-state index in [1.54, 1.807) is 0 Å².